The van der Waals surface area contributed by atoms with Crippen molar-refractivity contribution in [2.75, 3.05) is 18.3 Å². The molecule has 2 rings (SSSR count). The van der Waals surface area contributed by atoms with Crippen molar-refractivity contribution in [1.82, 2.24) is 14.9 Å². The maximum atomic E-state index is 12.3. The van der Waals surface area contributed by atoms with Gasteiger partial charge in [0.1, 0.15) is 11.6 Å². The number of nitrogens with zero attached hydrogens (tertiary/aromatic N) is 3. The van der Waals surface area contributed by atoms with E-state index in [0.717, 1.165) is 10.2 Å². The van der Waals surface area contributed by atoms with Gasteiger partial charge in [-0.1, -0.05) is 18.7 Å². The molecule has 0 aliphatic heterocycles. The smallest absolute Gasteiger partial charge is 0.270 e. The van der Waals surface area contributed by atoms with Crippen LogP contribution in [0.1, 0.15) is 23.1 Å². The normalized spacial score (nSPS) is 10.5. The zero-order valence-electron chi connectivity index (χ0n) is 11.9. The number of rotatable bonds is 5. The van der Waals surface area contributed by atoms with Crippen molar-refractivity contribution in [3.05, 3.63) is 34.1 Å². The van der Waals surface area contributed by atoms with E-state index in [2.05, 4.69) is 31.6 Å². The van der Waals surface area contributed by atoms with Crippen molar-refractivity contribution in [2.24, 2.45) is 0 Å². The van der Waals surface area contributed by atoms with Gasteiger partial charge in [0.25, 0.3) is 5.91 Å². The molecule has 0 fully saturated rings. The van der Waals surface area contributed by atoms with Gasteiger partial charge in [-0.2, -0.15) is 0 Å². The molecule has 2 aromatic rings. The van der Waals surface area contributed by atoms with Gasteiger partial charge >= 0.3 is 0 Å². The van der Waals surface area contributed by atoms with Crippen LogP contribution in [0.25, 0.3) is 0 Å². The number of methoxy groups -OCH3 is 1. The summed E-state index contributed by atoms with van der Waals surface area (Å²) in [6.07, 6.45) is 0. The highest BCUT2D eigenvalue weighted by Gasteiger charge is 2.14. The zero-order valence-corrected chi connectivity index (χ0v) is 14.3. The summed E-state index contributed by atoms with van der Waals surface area (Å²) in [5.41, 5.74) is 3.31. The van der Waals surface area contributed by atoms with E-state index < -0.39 is 0 Å². The van der Waals surface area contributed by atoms with Crippen LogP contribution >= 0.6 is 27.7 Å². The number of hydrogen-bond acceptors (Lipinski definition) is 5. The summed E-state index contributed by atoms with van der Waals surface area (Å²) in [6, 6.07) is 5.14. The van der Waals surface area contributed by atoms with Crippen LogP contribution in [0, 0.1) is 6.92 Å². The Bertz CT molecular complexity index is 660. The minimum atomic E-state index is -0.237. The minimum absolute atomic E-state index is 0.237. The fourth-order valence-electron chi connectivity index (χ4n) is 1.67. The predicted octanol–water partition coefficient (Wildman–Crippen LogP) is 2.85. The van der Waals surface area contributed by atoms with Gasteiger partial charge in [-0.05, 0) is 46.8 Å². The fraction of sp³-hybridized carbons (Fsp3) is 0.308. The van der Waals surface area contributed by atoms with Crippen LogP contribution in [-0.2, 0) is 0 Å². The van der Waals surface area contributed by atoms with E-state index in [1.165, 1.54) is 11.8 Å². The number of ether oxygens (including phenoxy) is 1. The topological polar surface area (TPSA) is 69.0 Å². The molecule has 1 amide bonds. The molecule has 0 spiro atoms. The Balaban J connectivity index is 2.22. The van der Waals surface area contributed by atoms with Crippen LogP contribution in [0.4, 0.5) is 0 Å². The highest BCUT2D eigenvalue weighted by Crippen LogP contribution is 2.25. The summed E-state index contributed by atoms with van der Waals surface area (Å²) < 4.78 is 7.46. The molecular formula is C13H15BrN4O2S. The molecule has 8 heteroatoms. The molecule has 0 saturated heterocycles. The predicted molar refractivity (Wildman–Crippen MR) is 85.5 cm³/mol. The number of thioether (sulfide) groups is 1. The Labute approximate surface area is 135 Å². The maximum Gasteiger partial charge on any atom is 0.270 e. The molecule has 0 bridgehead atoms. The van der Waals surface area contributed by atoms with Crippen LogP contribution in [0.2, 0.25) is 0 Å². The number of carbonyl (C=O) groups excluding carboxylic acids is 1. The lowest BCUT2D eigenvalue weighted by molar-refractivity contribution is 0.100. The first-order chi connectivity index (χ1) is 10.1. The third kappa shape index (κ3) is 3.56. The highest BCUT2D eigenvalue weighted by atomic mass is 79.9. The lowest BCUT2D eigenvalue weighted by atomic mass is 10.2. The van der Waals surface area contributed by atoms with Crippen LogP contribution in [0.15, 0.2) is 27.8 Å². The first kappa shape index (κ1) is 15.8. The van der Waals surface area contributed by atoms with Gasteiger partial charge in [0.15, 0.2) is 0 Å². The molecule has 1 aromatic carbocycles. The molecule has 1 aromatic heterocycles. The maximum absolute atomic E-state index is 12.3. The van der Waals surface area contributed by atoms with Crippen LogP contribution < -0.4 is 10.2 Å². The van der Waals surface area contributed by atoms with Gasteiger partial charge in [0, 0.05) is 5.56 Å². The van der Waals surface area contributed by atoms with Crippen molar-refractivity contribution in [3.8, 4) is 5.75 Å². The van der Waals surface area contributed by atoms with Gasteiger partial charge < -0.3 is 4.74 Å². The lowest BCUT2D eigenvalue weighted by Gasteiger charge is -2.10. The molecule has 1 heterocycles. The van der Waals surface area contributed by atoms with Gasteiger partial charge in [-0.3, -0.25) is 10.2 Å². The first-order valence-corrected chi connectivity index (χ1v) is 8.04. The number of amides is 1. The Morgan fingerprint density at radius 1 is 1.48 bits per heavy atom. The van der Waals surface area contributed by atoms with Crippen LogP contribution in [0.3, 0.4) is 0 Å². The molecule has 6 nitrogen and oxygen atoms in total. The standard InChI is InChI=1S/C13H15BrN4O2S/c1-4-21-13-16-15-8(2)18(13)17-12(19)9-5-6-11(20-3)10(14)7-9/h5-7H,4H2,1-3H3,(H,17,19). The third-order valence-electron chi connectivity index (χ3n) is 2.70. The number of benzene rings is 1. The number of carbonyl (C=O) groups is 1. The number of aryl methyl sites for hydroxylation is 1. The van der Waals surface area contributed by atoms with E-state index >= 15 is 0 Å². The zero-order chi connectivity index (χ0) is 15.4. The minimum Gasteiger partial charge on any atom is -0.496 e. The molecule has 112 valence electrons. The van der Waals surface area contributed by atoms with Crippen LogP contribution in [-0.4, -0.2) is 33.6 Å². The molecule has 1 N–H and O–H groups in total. The number of aromatic nitrogens is 3. The summed E-state index contributed by atoms with van der Waals surface area (Å²) in [6.45, 7) is 3.80. The highest BCUT2D eigenvalue weighted by molar-refractivity contribution is 9.10. The van der Waals surface area contributed by atoms with Crippen molar-refractivity contribution in [2.45, 2.75) is 19.0 Å². The second-order valence-corrected chi connectivity index (χ2v) is 6.17. The van der Waals surface area contributed by atoms with E-state index in [9.17, 15) is 4.79 Å². The van der Waals surface area contributed by atoms with E-state index in [4.69, 9.17) is 4.74 Å². The first-order valence-electron chi connectivity index (χ1n) is 6.26. The summed E-state index contributed by atoms with van der Waals surface area (Å²) in [7, 11) is 1.58. The molecule has 0 atom stereocenters. The average molecular weight is 371 g/mol. The third-order valence-corrected chi connectivity index (χ3v) is 4.13. The van der Waals surface area contributed by atoms with E-state index in [1.54, 1.807) is 36.9 Å². The van der Waals surface area contributed by atoms with Crippen molar-refractivity contribution >= 4 is 33.6 Å². The molecular weight excluding hydrogens is 356 g/mol. The summed E-state index contributed by atoms with van der Waals surface area (Å²) in [4.78, 5) is 12.3. The molecule has 21 heavy (non-hydrogen) atoms. The molecule has 0 radical (unpaired) electrons. The fourth-order valence-corrected chi connectivity index (χ4v) is 2.87. The van der Waals surface area contributed by atoms with Crippen molar-refractivity contribution < 1.29 is 9.53 Å². The number of halogens is 1. The van der Waals surface area contributed by atoms with Gasteiger partial charge in [-0.25, -0.2) is 4.68 Å². The second kappa shape index (κ2) is 6.95. The Hall–Kier alpha value is -1.54. The summed E-state index contributed by atoms with van der Waals surface area (Å²) >= 11 is 4.88. The monoisotopic (exact) mass is 370 g/mol. The molecule has 0 saturated carbocycles. The number of hydrogen-bond donors (Lipinski definition) is 1. The Kier molecular flexibility index (Phi) is 5.24. The van der Waals surface area contributed by atoms with Gasteiger partial charge in [-0.15, -0.1) is 10.2 Å². The lowest BCUT2D eigenvalue weighted by Crippen LogP contribution is -2.24. The quantitative estimate of drug-likeness (QED) is 0.819. The van der Waals surface area contributed by atoms with Crippen LogP contribution in [0.5, 0.6) is 5.75 Å². The van der Waals surface area contributed by atoms with Gasteiger partial charge in [0.2, 0.25) is 5.16 Å². The average Bonchev–Trinajstić information content (AvgIpc) is 2.80. The van der Waals surface area contributed by atoms with Crippen molar-refractivity contribution in [1.29, 1.82) is 0 Å². The van der Waals surface area contributed by atoms with E-state index in [-0.39, 0.29) is 5.91 Å². The summed E-state index contributed by atoms with van der Waals surface area (Å²) in [5, 5.41) is 8.67. The Morgan fingerprint density at radius 2 is 2.24 bits per heavy atom. The second-order valence-electron chi connectivity index (χ2n) is 4.09. The SMILES string of the molecule is CCSc1nnc(C)n1NC(=O)c1ccc(OC)c(Br)c1. The van der Waals surface area contributed by atoms with Gasteiger partial charge in [0.05, 0.1) is 11.6 Å². The molecule has 0 aliphatic carbocycles. The Morgan fingerprint density at radius 3 is 2.86 bits per heavy atom. The van der Waals surface area contributed by atoms with E-state index in [1.807, 2.05) is 6.92 Å². The molecule has 0 aliphatic rings. The summed E-state index contributed by atoms with van der Waals surface area (Å²) in [5.74, 6) is 1.92. The largest absolute Gasteiger partial charge is 0.496 e. The number of nitrogens with one attached hydrogen (secondary N) is 1. The van der Waals surface area contributed by atoms with E-state index in [0.29, 0.717) is 22.3 Å². The van der Waals surface area contributed by atoms with Crippen molar-refractivity contribution in [3.63, 3.8) is 0 Å². The molecule has 0 unspecified atom stereocenters.